The first-order valence-corrected chi connectivity index (χ1v) is 4.24. The van der Waals surface area contributed by atoms with Crippen LogP contribution in [0.4, 0.5) is 8.78 Å². The van der Waals surface area contributed by atoms with E-state index in [1.807, 2.05) is 0 Å². The van der Waals surface area contributed by atoms with Gasteiger partial charge in [-0.1, -0.05) is 0 Å². The lowest BCUT2D eigenvalue weighted by atomic mass is 10.3. The van der Waals surface area contributed by atoms with Gasteiger partial charge in [-0.25, -0.2) is 8.78 Å². The lowest BCUT2D eigenvalue weighted by Crippen LogP contribution is -2.45. The summed E-state index contributed by atoms with van der Waals surface area (Å²) in [6.45, 7) is 0.245. The molecule has 2 aliphatic heterocycles. The number of hydrogen-bond acceptors (Lipinski definition) is 3. The lowest BCUT2D eigenvalue weighted by Gasteiger charge is -2.25. The quantitative estimate of drug-likeness (QED) is 0.657. The van der Waals surface area contributed by atoms with Crippen molar-refractivity contribution in [3.8, 4) is 0 Å². The van der Waals surface area contributed by atoms with Crippen LogP contribution >= 0.6 is 0 Å². The molecule has 2 rings (SSSR count). The van der Waals surface area contributed by atoms with E-state index in [1.54, 1.807) is 23.5 Å². The highest BCUT2D eigenvalue weighted by molar-refractivity contribution is 5.65. The summed E-state index contributed by atoms with van der Waals surface area (Å²) in [4.78, 5) is 5.58. The fourth-order valence-electron chi connectivity index (χ4n) is 1.56. The number of halogens is 2. The molecule has 0 aromatic heterocycles. The minimum Gasteiger partial charge on any atom is -0.370 e. The van der Waals surface area contributed by atoms with E-state index in [1.165, 1.54) is 0 Å². The van der Waals surface area contributed by atoms with Crippen molar-refractivity contribution in [3.63, 3.8) is 0 Å². The SMILES string of the molecule is FC1(F)CCN(C2C=NC=CN2)C1. The first kappa shape index (κ1) is 8.62. The van der Waals surface area contributed by atoms with Crippen molar-refractivity contribution in [1.82, 2.24) is 10.2 Å². The number of aliphatic imine (C=N–C) groups is 1. The molecule has 0 amide bonds. The highest BCUT2D eigenvalue weighted by Gasteiger charge is 2.40. The van der Waals surface area contributed by atoms with Crippen LogP contribution in [0, 0.1) is 0 Å². The van der Waals surface area contributed by atoms with Gasteiger partial charge in [-0.15, -0.1) is 0 Å². The lowest BCUT2D eigenvalue weighted by molar-refractivity contribution is 0.00981. The summed E-state index contributed by atoms with van der Waals surface area (Å²) in [7, 11) is 0. The summed E-state index contributed by atoms with van der Waals surface area (Å²) in [6, 6.07) is 0. The summed E-state index contributed by atoms with van der Waals surface area (Å²) in [5.74, 6) is -2.53. The average Bonchev–Trinajstić information content (AvgIpc) is 2.48. The van der Waals surface area contributed by atoms with Gasteiger partial charge in [-0.05, 0) is 0 Å². The molecule has 0 aliphatic carbocycles. The molecule has 1 saturated heterocycles. The fraction of sp³-hybridized carbons (Fsp3) is 0.625. The van der Waals surface area contributed by atoms with Crippen molar-refractivity contribution in [3.05, 3.63) is 12.4 Å². The number of likely N-dealkylation sites (tertiary alicyclic amines) is 1. The Kier molecular flexibility index (Phi) is 2.03. The van der Waals surface area contributed by atoms with Crippen LogP contribution in [-0.4, -0.2) is 36.3 Å². The molecule has 13 heavy (non-hydrogen) atoms. The van der Waals surface area contributed by atoms with E-state index < -0.39 is 5.92 Å². The van der Waals surface area contributed by atoms with Gasteiger partial charge in [0.2, 0.25) is 0 Å². The van der Waals surface area contributed by atoms with Crippen molar-refractivity contribution < 1.29 is 8.78 Å². The molecule has 0 saturated carbocycles. The van der Waals surface area contributed by atoms with Gasteiger partial charge in [0, 0.05) is 31.6 Å². The molecule has 1 fully saturated rings. The molecular formula is C8H11F2N3. The second-order valence-corrected chi connectivity index (χ2v) is 3.30. The van der Waals surface area contributed by atoms with E-state index >= 15 is 0 Å². The van der Waals surface area contributed by atoms with Gasteiger partial charge >= 0.3 is 0 Å². The van der Waals surface area contributed by atoms with Crippen LogP contribution in [0.15, 0.2) is 17.4 Å². The van der Waals surface area contributed by atoms with Crippen LogP contribution < -0.4 is 5.32 Å². The van der Waals surface area contributed by atoms with Crippen molar-refractivity contribution in [2.45, 2.75) is 18.5 Å². The van der Waals surface area contributed by atoms with Crippen LogP contribution in [0.5, 0.6) is 0 Å². The molecule has 2 aliphatic rings. The Labute approximate surface area is 75.1 Å². The van der Waals surface area contributed by atoms with Crippen molar-refractivity contribution in [2.24, 2.45) is 4.99 Å². The van der Waals surface area contributed by atoms with E-state index in [2.05, 4.69) is 10.3 Å². The molecule has 0 aromatic carbocycles. The van der Waals surface area contributed by atoms with E-state index in [0.29, 0.717) is 6.54 Å². The predicted octanol–water partition coefficient (Wildman–Crippen LogP) is 0.799. The molecule has 0 aromatic rings. The predicted molar refractivity (Wildman–Crippen MR) is 45.7 cm³/mol. The Morgan fingerprint density at radius 1 is 1.54 bits per heavy atom. The van der Waals surface area contributed by atoms with E-state index in [0.717, 1.165) is 0 Å². The Morgan fingerprint density at radius 2 is 2.38 bits per heavy atom. The van der Waals surface area contributed by atoms with E-state index in [9.17, 15) is 8.78 Å². The second-order valence-electron chi connectivity index (χ2n) is 3.30. The Balaban J connectivity index is 1.96. The molecule has 72 valence electrons. The average molecular weight is 187 g/mol. The van der Waals surface area contributed by atoms with Crippen molar-refractivity contribution in [1.29, 1.82) is 0 Å². The zero-order valence-electron chi connectivity index (χ0n) is 7.08. The minimum atomic E-state index is -2.53. The maximum atomic E-state index is 12.8. The standard InChI is InChI=1S/C8H11F2N3/c9-8(10)1-4-13(6-8)7-5-11-2-3-12-7/h2-3,5,7,12H,1,4,6H2. The normalized spacial score (nSPS) is 32.0. The van der Waals surface area contributed by atoms with Gasteiger partial charge in [0.05, 0.1) is 6.54 Å². The molecule has 0 radical (unpaired) electrons. The second kappa shape index (κ2) is 3.06. The van der Waals surface area contributed by atoms with Crippen LogP contribution in [0.3, 0.4) is 0 Å². The summed E-state index contributed by atoms with van der Waals surface area (Å²) in [5.41, 5.74) is 0. The number of nitrogens with zero attached hydrogens (tertiary/aromatic N) is 2. The largest absolute Gasteiger partial charge is 0.370 e. The fourth-order valence-corrected chi connectivity index (χ4v) is 1.56. The summed E-state index contributed by atoms with van der Waals surface area (Å²) in [5, 5.41) is 2.96. The molecule has 2 heterocycles. The molecule has 1 unspecified atom stereocenters. The third kappa shape index (κ3) is 1.85. The van der Waals surface area contributed by atoms with E-state index in [4.69, 9.17) is 0 Å². The molecule has 0 spiro atoms. The maximum Gasteiger partial charge on any atom is 0.261 e. The number of rotatable bonds is 1. The van der Waals surface area contributed by atoms with Gasteiger partial charge in [-0.3, -0.25) is 9.89 Å². The molecule has 3 nitrogen and oxygen atoms in total. The van der Waals surface area contributed by atoms with Crippen LogP contribution in [0.2, 0.25) is 0 Å². The third-order valence-corrected chi connectivity index (χ3v) is 2.25. The summed E-state index contributed by atoms with van der Waals surface area (Å²) in [6.07, 6.45) is 4.69. The van der Waals surface area contributed by atoms with Crippen molar-refractivity contribution >= 4 is 6.21 Å². The van der Waals surface area contributed by atoms with Crippen LogP contribution in [0.25, 0.3) is 0 Å². The van der Waals surface area contributed by atoms with Gasteiger partial charge in [0.1, 0.15) is 6.17 Å². The third-order valence-electron chi connectivity index (χ3n) is 2.25. The molecule has 1 N–H and O–H groups in total. The molecule has 5 heteroatoms. The number of nitrogens with one attached hydrogen (secondary N) is 1. The Morgan fingerprint density at radius 3 is 2.92 bits per heavy atom. The van der Waals surface area contributed by atoms with E-state index in [-0.39, 0.29) is 19.1 Å². The maximum absolute atomic E-state index is 12.8. The number of hydrogen-bond donors (Lipinski definition) is 1. The smallest absolute Gasteiger partial charge is 0.261 e. The summed E-state index contributed by atoms with van der Waals surface area (Å²) >= 11 is 0. The zero-order valence-corrected chi connectivity index (χ0v) is 7.08. The summed E-state index contributed by atoms with van der Waals surface area (Å²) < 4.78 is 25.6. The van der Waals surface area contributed by atoms with Crippen LogP contribution in [-0.2, 0) is 0 Å². The molecule has 0 bridgehead atoms. The first-order valence-electron chi connectivity index (χ1n) is 4.24. The van der Waals surface area contributed by atoms with Crippen LogP contribution in [0.1, 0.15) is 6.42 Å². The van der Waals surface area contributed by atoms with Gasteiger partial charge in [-0.2, -0.15) is 0 Å². The monoisotopic (exact) mass is 187 g/mol. The highest BCUT2D eigenvalue weighted by Crippen LogP contribution is 2.27. The Hall–Kier alpha value is -0.970. The molecule has 1 atom stereocenters. The Bertz CT molecular complexity index is 250. The first-order chi connectivity index (χ1) is 6.17. The van der Waals surface area contributed by atoms with Crippen molar-refractivity contribution in [2.75, 3.05) is 13.1 Å². The van der Waals surface area contributed by atoms with Gasteiger partial charge < -0.3 is 5.32 Å². The topological polar surface area (TPSA) is 27.6 Å². The minimum absolute atomic E-state index is 0.0528. The number of alkyl halides is 2. The van der Waals surface area contributed by atoms with Gasteiger partial charge in [0.15, 0.2) is 0 Å². The molecular weight excluding hydrogens is 176 g/mol. The van der Waals surface area contributed by atoms with Gasteiger partial charge in [0.25, 0.3) is 5.92 Å². The zero-order chi connectivity index (χ0) is 9.31. The highest BCUT2D eigenvalue weighted by atomic mass is 19.3.